The van der Waals surface area contributed by atoms with Crippen LogP contribution in [0.3, 0.4) is 0 Å². The molecule has 0 atom stereocenters. The molecule has 0 fully saturated rings. The van der Waals surface area contributed by atoms with Gasteiger partial charge in [-0.25, -0.2) is 4.98 Å². The number of amides is 1. The fraction of sp³-hybridized carbons (Fsp3) is 0.208. The minimum Gasteiger partial charge on any atom is -0.467 e. The van der Waals surface area contributed by atoms with E-state index < -0.39 is 42.5 Å². The zero-order valence-electron chi connectivity index (χ0n) is 17.8. The highest BCUT2D eigenvalue weighted by atomic mass is 19.4. The molecule has 11 heteroatoms. The fourth-order valence-electron chi connectivity index (χ4n) is 3.82. The van der Waals surface area contributed by atoms with Crippen LogP contribution in [-0.2, 0) is 30.2 Å². The van der Waals surface area contributed by atoms with Crippen molar-refractivity contribution >= 4 is 12.2 Å². The van der Waals surface area contributed by atoms with Gasteiger partial charge in [0, 0.05) is 23.9 Å². The molecule has 0 spiro atoms. The molecule has 0 radical (unpaired) electrons. The second kappa shape index (κ2) is 9.05. The summed E-state index contributed by atoms with van der Waals surface area (Å²) in [7, 11) is 0. The van der Waals surface area contributed by atoms with Crippen LogP contribution in [-0.4, -0.2) is 28.7 Å². The molecular formula is C24H16F6N2O3. The first-order valence-electron chi connectivity index (χ1n) is 10.2. The van der Waals surface area contributed by atoms with Crippen LogP contribution >= 0.6 is 0 Å². The Balaban J connectivity index is 1.76. The third-order valence-corrected chi connectivity index (χ3v) is 5.45. The fourth-order valence-corrected chi connectivity index (χ4v) is 3.82. The van der Waals surface area contributed by atoms with Crippen LogP contribution in [0.25, 0.3) is 11.1 Å². The summed E-state index contributed by atoms with van der Waals surface area (Å²) in [4.78, 5) is 29.4. The Morgan fingerprint density at radius 1 is 0.943 bits per heavy atom. The number of halogens is 6. The van der Waals surface area contributed by atoms with Gasteiger partial charge in [-0.3, -0.25) is 9.59 Å². The van der Waals surface area contributed by atoms with E-state index in [0.29, 0.717) is 40.7 Å². The van der Waals surface area contributed by atoms with Crippen molar-refractivity contribution in [3.05, 3.63) is 82.5 Å². The van der Waals surface area contributed by atoms with Crippen molar-refractivity contribution in [3.63, 3.8) is 0 Å². The number of aromatic nitrogens is 1. The second-order valence-electron chi connectivity index (χ2n) is 7.80. The number of rotatable bonds is 4. The van der Waals surface area contributed by atoms with Gasteiger partial charge < -0.3 is 9.64 Å². The Bertz CT molecular complexity index is 1250. The van der Waals surface area contributed by atoms with E-state index in [2.05, 4.69) is 4.98 Å². The largest absolute Gasteiger partial charge is 0.467 e. The number of nitrogens with zero attached hydrogens (tertiary/aromatic N) is 2. The topological polar surface area (TPSA) is 59.5 Å². The van der Waals surface area contributed by atoms with E-state index >= 15 is 0 Å². The molecule has 0 bridgehead atoms. The summed E-state index contributed by atoms with van der Waals surface area (Å²) in [6.45, 7) is -1.25. The molecule has 1 amide bonds. The highest BCUT2D eigenvalue weighted by Gasteiger charge is 2.37. The summed E-state index contributed by atoms with van der Waals surface area (Å²) < 4.78 is 85.0. The van der Waals surface area contributed by atoms with E-state index in [9.17, 15) is 35.9 Å². The maximum absolute atomic E-state index is 13.3. The smallest absolute Gasteiger partial charge is 0.416 e. The Hall–Kier alpha value is -3.89. The molecule has 35 heavy (non-hydrogen) atoms. The number of alkyl halides is 6. The van der Waals surface area contributed by atoms with Crippen molar-refractivity contribution in [3.8, 4) is 17.0 Å². The Labute approximate surface area is 195 Å². The van der Waals surface area contributed by atoms with Crippen LogP contribution < -0.4 is 4.74 Å². The lowest BCUT2D eigenvalue weighted by Gasteiger charge is -2.23. The number of benzene rings is 2. The Kier molecular flexibility index (Phi) is 6.27. The number of aldehydes is 1. The van der Waals surface area contributed by atoms with Crippen LogP contribution in [0, 0.1) is 0 Å². The third-order valence-electron chi connectivity index (χ3n) is 5.45. The van der Waals surface area contributed by atoms with Crippen molar-refractivity contribution < 1.29 is 40.7 Å². The summed E-state index contributed by atoms with van der Waals surface area (Å²) in [5, 5.41) is 0. The molecule has 0 saturated heterocycles. The quantitative estimate of drug-likeness (QED) is 0.354. The molecule has 1 aliphatic rings. The zero-order chi connectivity index (χ0) is 25.4. The van der Waals surface area contributed by atoms with E-state index in [4.69, 9.17) is 4.74 Å². The number of hydrogen-bond donors (Lipinski definition) is 0. The van der Waals surface area contributed by atoms with Crippen molar-refractivity contribution in [2.24, 2.45) is 0 Å². The first-order valence-corrected chi connectivity index (χ1v) is 10.2. The molecule has 2 aromatic carbocycles. The van der Waals surface area contributed by atoms with E-state index in [1.807, 2.05) is 0 Å². The van der Waals surface area contributed by atoms with Gasteiger partial charge in [0.25, 0.3) is 5.91 Å². The van der Waals surface area contributed by atoms with Gasteiger partial charge in [-0.15, -0.1) is 0 Å². The predicted molar refractivity (Wildman–Crippen MR) is 111 cm³/mol. The first kappa shape index (κ1) is 24.2. The molecule has 4 rings (SSSR count). The van der Waals surface area contributed by atoms with Gasteiger partial charge in [-0.2, -0.15) is 26.3 Å². The lowest BCUT2D eigenvalue weighted by molar-refractivity contribution is -0.143. The number of fused-ring (bicyclic) bond motifs is 1. The Morgan fingerprint density at radius 2 is 1.60 bits per heavy atom. The van der Waals surface area contributed by atoms with Gasteiger partial charge in [-0.1, -0.05) is 24.3 Å². The molecule has 0 unspecified atom stereocenters. The van der Waals surface area contributed by atoms with E-state index in [-0.39, 0.29) is 24.1 Å². The van der Waals surface area contributed by atoms with Gasteiger partial charge in [0.2, 0.25) is 5.88 Å². The average Bonchev–Trinajstić information content (AvgIpc) is 2.96. The monoisotopic (exact) mass is 494 g/mol. The van der Waals surface area contributed by atoms with Crippen molar-refractivity contribution in [1.82, 2.24) is 9.88 Å². The predicted octanol–water partition coefficient (Wildman–Crippen LogP) is 5.52. The van der Waals surface area contributed by atoms with E-state index in [1.54, 1.807) is 30.3 Å². The lowest BCUT2D eigenvalue weighted by atomic mass is 9.96. The molecule has 5 nitrogen and oxygen atoms in total. The van der Waals surface area contributed by atoms with E-state index in [0.717, 1.165) is 4.90 Å². The van der Waals surface area contributed by atoms with Crippen molar-refractivity contribution in [1.29, 1.82) is 0 Å². The number of pyridine rings is 1. The van der Waals surface area contributed by atoms with Gasteiger partial charge in [0.05, 0.1) is 17.7 Å². The summed E-state index contributed by atoms with van der Waals surface area (Å²) in [5.74, 6) is -0.567. The summed E-state index contributed by atoms with van der Waals surface area (Å²) in [5.41, 5.74) is -1.56. The molecule has 0 N–H and O–H groups in total. The molecule has 182 valence electrons. The summed E-state index contributed by atoms with van der Waals surface area (Å²) >= 11 is 0. The van der Waals surface area contributed by atoms with Crippen LogP contribution in [0.5, 0.6) is 5.88 Å². The lowest BCUT2D eigenvalue weighted by Crippen LogP contribution is -2.32. The van der Waals surface area contributed by atoms with E-state index in [1.165, 1.54) is 6.20 Å². The first-order chi connectivity index (χ1) is 16.5. The minimum atomic E-state index is -5.01. The average molecular weight is 494 g/mol. The summed E-state index contributed by atoms with van der Waals surface area (Å²) in [6.07, 6.45) is -7.96. The maximum atomic E-state index is 13.3. The standard InChI is InChI=1S/C24H16F6N2O3/c25-23(26,27)16-7-14(8-17(9-16)24(28,29)30)10-32-11-20-19(18-4-2-1-3-15(18)12-33)5-6-31-22(20)35-13-21(32)34/h1-9,12H,10-11,13H2. The van der Waals surface area contributed by atoms with Crippen molar-refractivity contribution in [2.75, 3.05) is 6.61 Å². The van der Waals surface area contributed by atoms with Gasteiger partial charge in [0.15, 0.2) is 12.9 Å². The van der Waals surface area contributed by atoms with Crippen LogP contribution in [0.1, 0.15) is 32.6 Å². The second-order valence-corrected chi connectivity index (χ2v) is 7.80. The van der Waals surface area contributed by atoms with Crippen LogP contribution in [0.4, 0.5) is 26.3 Å². The Morgan fingerprint density at radius 3 is 2.23 bits per heavy atom. The highest BCUT2D eigenvalue weighted by Crippen LogP contribution is 2.38. The molecule has 1 aromatic heterocycles. The number of carbonyl (C=O) groups is 2. The van der Waals surface area contributed by atoms with Gasteiger partial charge >= 0.3 is 12.4 Å². The van der Waals surface area contributed by atoms with Crippen LogP contribution in [0.2, 0.25) is 0 Å². The maximum Gasteiger partial charge on any atom is 0.416 e. The molecule has 1 aliphatic heterocycles. The van der Waals surface area contributed by atoms with Gasteiger partial charge in [-0.05, 0) is 41.0 Å². The minimum absolute atomic E-state index is 0.0323. The summed E-state index contributed by atoms with van der Waals surface area (Å²) in [6, 6.07) is 9.38. The molecule has 0 aliphatic carbocycles. The highest BCUT2D eigenvalue weighted by molar-refractivity contribution is 5.89. The number of carbonyl (C=O) groups excluding carboxylic acids is 2. The van der Waals surface area contributed by atoms with Gasteiger partial charge in [0.1, 0.15) is 0 Å². The third kappa shape index (κ3) is 5.13. The number of ether oxygens (including phenoxy) is 1. The molecule has 3 aromatic rings. The van der Waals surface area contributed by atoms with Crippen LogP contribution in [0.15, 0.2) is 54.7 Å². The van der Waals surface area contributed by atoms with Crippen molar-refractivity contribution in [2.45, 2.75) is 25.4 Å². The number of hydrogen-bond acceptors (Lipinski definition) is 4. The molecular weight excluding hydrogens is 478 g/mol. The zero-order valence-corrected chi connectivity index (χ0v) is 17.8. The molecule has 0 saturated carbocycles. The molecule has 2 heterocycles. The SMILES string of the molecule is O=Cc1ccccc1-c1ccnc2c1CN(Cc1cc(C(F)(F)F)cc(C(F)(F)F)c1)C(=O)CO2. The normalized spacial score (nSPS) is 14.2.